The van der Waals surface area contributed by atoms with Gasteiger partial charge in [0.2, 0.25) is 0 Å². The molecule has 5 heteroatoms. The number of hydrogen-bond donors (Lipinski definition) is 1. The van der Waals surface area contributed by atoms with Crippen LogP contribution in [0.15, 0.2) is 0 Å². The standard InChI is InChI=1S/C8H12IN3O/c1-13-3-2-12-4-6-7(5-12)10-11-8(6)9/h2-5H2,1H3,(H,10,11). The molecular formula is C8H12IN3O. The first-order chi connectivity index (χ1) is 6.31. The summed E-state index contributed by atoms with van der Waals surface area (Å²) in [6.07, 6.45) is 0. The van der Waals surface area contributed by atoms with Crippen LogP contribution in [0.5, 0.6) is 0 Å². The van der Waals surface area contributed by atoms with E-state index in [9.17, 15) is 0 Å². The van der Waals surface area contributed by atoms with Gasteiger partial charge in [-0.15, -0.1) is 0 Å². The first-order valence-corrected chi connectivity index (χ1v) is 5.32. The molecule has 0 saturated carbocycles. The van der Waals surface area contributed by atoms with Gasteiger partial charge in [0.15, 0.2) is 0 Å². The number of rotatable bonds is 3. The third kappa shape index (κ3) is 1.87. The number of fused-ring (bicyclic) bond motifs is 1. The summed E-state index contributed by atoms with van der Waals surface area (Å²) in [4.78, 5) is 2.36. The first-order valence-electron chi connectivity index (χ1n) is 4.24. The average molecular weight is 293 g/mol. The molecule has 1 aromatic rings. The summed E-state index contributed by atoms with van der Waals surface area (Å²) >= 11 is 2.27. The van der Waals surface area contributed by atoms with Crippen molar-refractivity contribution in [3.8, 4) is 0 Å². The van der Waals surface area contributed by atoms with Crippen molar-refractivity contribution in [3.05, 3.63) is 15.0 Å². The number of aromatic nitrogens is 2. The molecule has 13 heavy (non-hydrogen) atoms. The Balaban J connectivity index is 1.98. The van der Waals surface area contributed by atoms with Gasteiger partial charge in [0.1, 0.15) is 3.70 Å². The third-order valence-corrected chi connectivity index (χ3v) is 3.17. The summed E-state index contributed by atoms with van der Waals surface area (Å²) in [5, 5.41) is 7.21. The molecule has 0 radical (unpaired) electrons. The van der Waals surface area contributed by atoms with Crippen LogP contribution >= 0.6 is 22.6 Å². The fourth-order valence-electron chi connectivity index (χ4n) is 1.55. The molecule has 0 atom stereocenters. The number of hydrogen-bond acceptors (Lipinski definition) is 3. The second-order valence-corrected chi connectivity index (χ2v) is 4.20. The Morgan fingerprint density at radius 1 is 1.62 bits per heavy atom. The van der Waals surface area contributed by atoms with E-state index >= 15 is 0 Å². The van der Waals surface area contributed by atoms with Crippen molar-refractivity contribution >= 4 is 22.6 Å². The lowest BCUT2D eigenvalue weighted by Gasteiger charge is -2.13. The molecule has 0 bridgehead atoms. The van der Waals surface area contributed by atoms with Crippen molar-refractivity contribution in [1.82, 2.24) is 15.1 Å². The predicted molar refractivity (Wildman–Crippen MR) is 57.3 cm³/mol. The third-order valence-electron chi connectivity index (χ3n) is 2.28. The zero-order valence-electron chi connectivity index (χ0n) is 7.51. The Kier molecular flexibility index (Phi) is 2.85. The molecule has 2 rings (SSSR count). The monoisotopic (exact) mass is 293 g/mol. The van der Waals surface area contributed by atoms with E-state index < -0.39 is 0 Å². The topological polar surface area (TPSA) is 41.1 Å². The maximum atomic E-state index is 5.04. The molecule has 0 amide bonds. The fraction of sp³-hybridized carbons (Fsp3) is 0.625. The van der Waals surface area contributed by atoms with E-state index in [1.807, 2.05) is 0 Å². The van der Waals surface area contributed by atoms with Crippen molar-refractivity contribution in [3.63, 3.8) is 0 Å². The molecule has 0 aliphatic carbocycles. The summed E-state index contributed by atoms with van der Waals surface area (Å²) in [6, 6.07) is 0. The molecular weight excluding hydrogens is 281 g/mol. The Morgan fingerprint density at radius 3 is 3.15 bits per heavy atom. The summed E-state index contributed by atoms with van der Waals surface area (Å²) in [6.45, 7) is 3.78. The number of nitrogens with zero attached hydrogens (tertiary/aromatic N) is 2. The van der Waals surface area contributed by atoms with E-state index in [4.69, 9.17) is 4.74 Å². The van der Waals surface area contributed by atoms with E-state index in [1.165, 1.54) is 11.3 Å². The molecule has 0 unspecified atom stereocenters. The van der Waals surface area contributed by atoms with Crippen LogP contribution in [-0.4, -0.2) is 35.4 Å². The number of ether oxygens (including phenoxy) is 1. The van der Waals surface area contributed by atoms with Gasteiger partial charge in [-0.05, 0) is 22.6 Å². The molecule has 2 heterocycles. The first kappa shape index (κ1) is 9.42. The van der Waals surface area contributed by atoms with Gasteiger partial charge in [0, 0.05) is 32.3 Å². The maximum Gasteiger partial charge on any atom is 0.127 e. The second kappa shape index (κ2) is 3.93. The zero-order valence-corrected chi connectivity index (χ0v) is 9.67. The van der Waals surface area contributed by atoms with Crippen LogP contribution in [0, 0.1) is 3.70 Å². The highest BCUT2D eigenvalue weighted by atomic mass is 127. The minimum atomic E-state index is 0.800. The molecule has 0 aromatic carbocycles. The van der Waals surface area contributed by atoms with Crippen molar-refractivity contribution in [2.75, 3.05) is 20.3 Å². The van der Waals surface area contributed by atoms with E-state index in [1.54, 1.807) is 7.11 Å². The largest absolute Gasteiger partial charge is 0.383 e. The number of H-pyrrole nitrogens is 1. The van der Waals surface area contributed by atoms with Crippen LogP contribution in [0.1, 0.15) is 11.3 Å². The highest BCUT2D eigenvalue weighted by molar-refractivity contribution is 14.1. The van der Waals surface area contributed by atoms with Crippen LogP contribution in [0.4, 0.5) is 0 Å². The Bertz CT molecular complexity index is 300. The number of halogens is 1. The van der Waals surface area contributed by atoms with Gasteiger partial charge in [0.05, 0.1) is 12.3 Å². The van der Waals surface area contributed by atoms with Gasteiger partial charge >= 0.3 is 0 Å². The van der Waals surface area contributed by atoms with Gasteiger partial charge in [-0.1, -0.05) is 0 Å². The van der Waals surface area contributed by atoms with E-state index in [2.05, 4.69) is 37.7 Å². The molecule has 1 aromatic heterocycles. The minimum absolute atomic E-state index is 0.800. The van der Waals surface area contributed by atoms with Crippen molar-refractivity contribution in [1.29, 1.82) is 0 Å². The minimum Gasteiger partial charge on any atom is -0.383 e. The Morgan fingerprint density at radius 2 is 2.46 bits per heavy atom. The number of aromatic amines is 1. The van der Waals surface area contributed by atoms with Crippen LogP contribution < -0.4 is 0 Å². The highest BCUT2D eigenvalue weighted by Crippen LogP contribution is 2.23. The Hall–Kier alpha value is -0.140. The maximum absolute atomic E-state index is 5.04. The van der Waals surface area contributed by atoms with Crippen LogP contribution in [0.2, 0.25) is 0 Å². The summed E-state index contributed by atoms with van der Waals surface area (Å²) in [7, 11) is 1.74. The lowest BCUT2D eigenvalue weighted by molar-refractivity contribution is 0.147. The van der Waals surface area contributed by atoms with E-state index in [0.29, 0.717) is 0 Å². The summed E-state index contributed by atoms with van der Waals surface area (Å²) < 4.78 is 6.14. The van der Waals surface area contributed by atoms with Gasteiger partial charge in [0.25, 0.3) is 0 Å². The molecule has 0 saturated heterocycles. The van der Waals surface area contributed by atoms with Crippen molar-refractivity contribution in [2.45, 2.75) is 13.1 Å². The summed E-state index contributed by atoms with van der Waals surface area (Å²) in [5.41, 5.74) is 2.62. The van der Waals surface area contributed by atoms with E-state index in [-0.39, 0.29) is 0 Å². The normalized spacial score (nSPS) is 16.5. The molecule has 0 fully saturated rings. The van der Waals surface area contributed by atoms with Gasteiger partial charge in [-0.25, -0.2) is 0 Å². The van der Waals surface area contributed by atoms with Crippen molar-refractivity contribution in [2.24, 2.45) is 0 Å². The highest BCUT2D eigenvalue weighted by Gasteiger charge is 2.22. The van der Waals surface area contributed by atoms with Gasteiger partial charge in [-0.2, -0.15) is 5.10 Å². The second-order valence-electron chi connectivity index (χ2n) is 3.17. The smallest absolute Gasteiger partial charge is 0.127 e. The number of methoxy groups -OCH3 is 1. The predicted octanol–water partition coefficient (Wildman–Crippen LogP) is 0.976. The van der Waals surface area contributed by atoms with Crippen LogP contribution in [0.3, 0.4) is 0 Å². The molecule has 4 nitrogen and oxygen atoms in total. The summed E-state index contributed by atoms with van der Waals surface area (Å²) in [5.74, 6) is 0. The zero-order chi connectivity index (χ0) is 9.26. The van der Waals surface area contributed by atoms with Crippen molar-refractivity contribution < 1.29 is 4.74 Å². The molecule has 1 aliphatic rings. The van der Waals surface area contributed by atoms with Crippen LogP contribution in [0.25, 0.3) is 0 Å². The molecule has 1 N–H and O–H groups in total. The molecule has 0 spiro atoms. The molecule has 72 valence electrons. The SMILES string of the molecule is COCCN1Cc2[nH]nc(I)c2C1. The quantitative estimate of drug-likeness (QED) is 0.845. The lowest BCUT2D eigenvalue weighted by Crippen LogP contribution is -2.21. The average Bonchev–Trinajstić information content (AvgIpc) is 2.65. The Labute approximate surface area is 90.8 Å². The number of nitrogens with one attached hydrogen (secondary N) is 1. The van der Waals surface area contributed by atoms with E-state index in [0.717, 1.165) is 29.9 Å². The van der Waals surface area contributed by atoms with Gasteiger partial charge < -0.3 is 4.74 Å². The molecule has 1 aliphatic heterocycles. The fourth-order valence-corrected chi connectivity index (χ4v) is 2.17. The van der Waals surface area contributed by atoms with Gasteiger partial charge in [-0.3, -0.25) is 10.00 Å². The van der Waals surface area contributed by atoms with Crippen LogP contribution in [-0.2, 0) is 17.8 Å². The lowest BCUT2D eigenvalue weighted by atomic mass is 10.3.